The van der Waals surface area contributed by atoms with E-state index in [1.165, 1.54) is 12.1 Å². The molecule has 3 aromatic rings. The van der Waals surface area contributed by atoms with E-state index in [9.17, 15) is 9.50 Å². The van der Waals surface area contributed by atoms with Crippen LogP contribution in [0, 0.1) is 11.6 Å². The van der Waals surface area contributed by atoms with Crippen molar-refractivity contribution in [2.75, 3.05) is 45.2 Å². The summed E-state index contributed by atoms with van der Waals surface area (Å²) in [5.41, 5.74) is -0.561. The Morgan fingerprint density at radius 3 is 2.60 bits per heavy atom. The van der Waals surface area contributed by atoms with E-state index in [2.05, 4.69) is 20.2 Å². The number of ether oxygens (including phenoxy) is 1. The topological polar surface area (TPSA) is 73.8 Å². The molecule has 2 saturated heterocycles. The molecule has 0 amide bonds. The predicted molar refractivity (Wildman–Crippen MR) is 132 cm³/mol. The van der Waals surface area contributed by atoms with Gasteiger partial charge in [-0.15, -0.1) is 0 Å². The lowest BCUT2D eigenvalue weighted by Gasteiger charge is -2.34. The van der Waals surface area contributed by atoms with Gasteiger partial charge in [0.2, 0.25) is 0 Å². The number of halogens is 3. The van der Waals surface area contributed by atoms with Crippen LogP contribution in [0.15, 0.2) is 24.3 Å². The summed E-state index contributed by atoms with van der Waals surface area (Å²) in [7, 11) is 3.95. The summed E-state index contributed by atoms with van der Waals surface area (Å²) in [6.07, 6.45) is 2.90. The summed E-state index contributed by atoms with van der Waals surface area (Å²) in [4.78, 5) is 13.2. The number of aromatic nitrogens is 2. The van der Waals surface area contributed by atoms with Gasteiger partial charge in [-0.25, -0.2) is 8.78 Å². The molecule has 0 spiro atoms. The van der Waals surface area contributed by atoms with Crippen LogP contribution in [-0.4, -0.2) is 72.4 Å². The molecule has 2 N–H and O–H groups in total. The number of hydrogen-bond acceptors (Lipinski definition) is 7. The number of nitrogens with one attached hydrogen (secondary N) is 1. The van der Waals surface area contributed by atoms with Gasteiger partial charge in [0, 0.05) is 42.7 Å². The molecule has 7 nitrogen and oxygen atoms in total. The summed E-state index contributed by atoms with van der Waals surface area (Å²) in [6.45, 7) is 2.63. The van der Waals surface area contributed by atoms with E-state index in [0.29, 0.717) is 29.9 Å². The summed E-state index contributed by atoms with van der Waals surface area (Å²) >= 11 is 6.50. The highest BCUT2D eigenvalue weighted by molar-refractivity contribution is 6.34. The number of phenols is 1. The zero-order valence-corrected chi connectivity index (χ0v) is 20.4. The summed E-state index contributed by atoms with van der Waals surface area (Å²) in [6, 6.07) is 6.06. The number of piperazine rings is 1. The molecule has 35 heavy (non-hydrogen) atoms. The molecule has 186 valence electrons. The first kappa shape index (κ1) is 24.0. The second kappa shape index (κ2) is 9.72. The van der Waals surface area contributed by atoms with Crippen LogP contribution >= 0.6 is 11.6 Å². The number of nitrogens with zero attached hydrogens (tertiary/aromatic N) is 4. The Morgan fingerprint density at radius 2 is 1.91 bits per heavy atom. The van der Waals surface area contributed by atoms with E-state index < -0.39 is 17.4 Å². The SMILES string of the molecule is CN(C)CCCOc1nc(N2CC3CCC(C2)N3)c2cc(Cl)c(-c3c(O)cccc3F)c(F)c2n1. The third kappa shape index (κ3) is 4.72. The molecule has 2 atom stereocenters. The Morgan fingerprint density at radius 1 is 1.17 bits per heavy atom. The Hall–Kier alpha value is -2.75. The van der Waals surface area contributed by atoms with Gasteiger partial charge in [-0.05, 0) is 51.6 Å². The number of benzene rings is 2. The first-order valence-corrected chi connectivity index (χ1v) is 12.2. The van der Waals surface area contributed by atoms with Gasteiger partial charge in [-0.2, -0.15) is 9.97 Å². The molecular formula is C25H28ClF2N5O2. The molecule has 1 aromatic heterocycles. The molecule has 2 aliphatic heterocycles. The van der Waals surface area contributed by atoms with Gasteiger partial charge in [0.05, 0.1) is 17.2 Å². The summed E-state index contributed by atoms with van der Waals surface area (Å²) in [5, 5.41) is 14.3. The number of hydrogen-bond donors (Lipinski definition) is 2. The van der Waals surface area contributed by atoms with Crippen LogP contribution in [0.1, 0.15) is 19.3 Å². The number of fused-ring (bicyclic) bond motifs is 3. The van der Waals surface area contributed by atoms with Gasteiger partial charge in [0.15, 0.2) is 5.82 Å². The van der Waals surface area contributed by atoms with Gasteiger partial charge >= 0.3 is 6.01 Å². The van der Waals surface area contributed by atoms with E-state index in [1.807, 2.05) is 19.0 Å². The second-order valence-corrected chi connectivity index (χ2v) is 9.86. The zero-order chi connectivity index (χ0) is 24.7. The van der Waals surface area contributed by atoms with Gasteiger partial charge < -0.3 is 25.0 Å². The first-order valence-electron chi connectivity index (χ1n) is 11.8. The minimum atomic E-state index is -0.826. The highest BCUT2D eigenvalue weighted by Crippen LogP contribution is 2.43. The molecule has 0 saturated carbocycles. The van der Waals surface area contributed by atoms with E-state index in [4.69, 9.17) is 16.3 Å². The van der Waals surface area contributed by atoms with Gasteiger partial charge in [-0.1, -0.05) is 17.7 Å². The van der Waals surface area contributed by atoms with Crippen molar-refractivity contribution in [3.05, 3.63) is 40.9 Å². The van der Waals surface area contributed by atoms with Crippen LogP contribution in [-0.2, 0) is 0 Å². The normalized spacial score (nSPS) is 19.7. The second-order valence-electron chi connectivity index (χ2n) is 9.46. The molecule has 3 heterocycles. The highest BCUT2D eigenvalue weighted by Gasteiger charge is 2.34. The van der Waals surface area contributed by atoms with Crippen molar-refractivity contribution in [1.82, 2.24) is 20.2 Å². The van der Waals surface area contributed by atoms with Gasteiger partial charge in [0.25, 0.3) is 0 Å². The van der Waals surface area contributed by atoms with E-state index in [1.54, 1.807) is 6.07 Å². The zero-order valence-electron chi connectivity index (χ0n) is 19.7. The molecule has 5 rings (SSSR count). The van der Waals surface area contributed by atoms with Crippen molar-refractivity contribution < 1.29 is 18.6 Å². The minimum absolute atomic E-state index is 0.0226. The number of phenolic OH excluding ortho intramolecular Hbond substituents is 1. The van der Waals surface area contributed by atoms with E-state index in [-0.39, 0.29) is 27.7 Å². The van der Waals surface area contributed by atoms with Crippen LogP contribution in [0.2, 0.25) is 5.02 Å². The molecule has 2 unspecified atom stereocenters. The van der Waals surface area contributed by atoms with Crippen molar-refractivity contribution in [1.29, 1.82) is 0 Å². The van der Waals surface area contributed by atoms with E-state index in [0.717, 1.165) is 45.0 Å². The molecule has 2 aromatic carbocycles. The Labute approximate surface area is 207 Å². The van der Waals surface area contributed by atoms with Crippen LogP contribution in [0.3, 0.4) is 0 Å². The largest absolute Gasteiger partial charge is 0.507 e. The van der Waals surface area contributed by atoms with Crippen molar-refractivity contribution in [2.45, 2.75) is 31.3 Å². The molecular weight excluding hydrogens is 476 g/mol. The number of rotatable bonds is 7. The van der Waals surface area contributed by atoms with Crippen LogP contribution < -0.4 is 15.0 Å². The van der Waals surface area contributed by atoms with Crippen molar-refractivity contribution in [3.8, 4) is 22.9 Å². The fourth-order valence-electron chi connectivity index (χ4n) is 4.97. The fourth-order valence-corrected chi connectivity index (χ4v) is 5.26. The Kier molecular flexibility index (Phi) is 6.65. The van der Waals surface area contributed by atoms with Crippen molar-refractivity contribution in [2.24, 2.45) is 0 Å². The third-order valence-corrected chi connectivity index (χ3v) is 6.88. The minimum Gasteiger partial charge on any atom is -0.507 e. The average molecular weight is 504 g/mol. The first-order chi connectivity index (χ1) is 16.8. The predicted octanol–water partition coefficient (Wildman–Crippen LogP) is 4.21. The number of aromatic hydroxyl groups is 1. The van der Waals surface area contributed by atoms with Crippen LogP contribution in [0.4, 0.5) is 14.6 Å². The monoisotopic (exact) mass is 503 g/mol. The van der Waals surface area contributed by atoms with E-state index >= 15 is 4.39 Å². The molecule has 2 aliphatic rings. The lowest BCUT2D eigenvalue weighted by atomic mass is 10.0. The number of anilines is 1. The lowest BCUT2D eigenvalue weighted by Crippen LogP contribution is -2.51. The van der Waals surface area contributed by atoms with Crippen LogP contribution in [0.5, 0.6) is 11.8 Å². The Balaban J connectivity index is 1.63. The maximum atomic E-state index is 16.0. The maximum Gasteiger partial charge on any atom is 0.319 e. The quantitative estimate of drug-likeness (QED) is 0.468. The molecule has 0 aliphatic carbocycles. The fraction of sp³-hybridized carbons (Fsp3) is 0.440. The molecule has 0 radical (unpaired) electrons. The molecule has 2 bridgehead atoms. The average Bonchev–Trinajstić information content (AvgIpc) is 3.15. The van der Waals surface area contributed by atoms with Crippen molar-refractivity contribution in [3.63, 3.8) is 0 Å². The van der Waals surface area contributed by atoms with Crippen LogP contribution in [0.25, 0.3) is 22.0 Å². The van der Waals surface area contributed by atoms with Gasteiger partial charge in [0.1, 0.15) is 22.9 Å². The Bertz CT molecular complexity index is 1230. The lowest BCUT2D eigenvalue weighted by molar-refractivity contribution is 0.264. The van der Waals surface area contributed by atoms with Crippen molar-refractivity contribution >= 4 is 28.3 Å². The summed E-state index contributed by atoms with van der Waals surface area (Å²) in [5.74, 6) is -1.47. The van der Waals surface area contributed by atoms with Gasteiger partial charge in [-0.3, -0.25) is 0 Å². The smallest absolute Gasteiger partial charge is 0.319 e. The third-order valence-electron chi connectivity index (χ3n) is 6.58. The molecule has 2 fully saturated rings. The standard InChI is InChI=1S/C25H28ClF2N5O2/c1-32(2)9-4-10-35-25-30-23-16(24(31-25)33-12-14-7-8-15(13-33)29-14)11-17(26)20(22(23)28)21-18(27)5-3-6-19(21)34/h3,5-6,11,14-15,29,34H,4,7-10,12-13H2,1-2H3. The summed E-state index contributed by atoms with van der Waals surface area (Å²) < 4.78 is 36.5. The molecule has 10 heteroatoms. The maximum absolute atomic E-state index is 16.0. The highest BCUT2D eigenvalue weighted by atomic mass is 35.5.